The van der Waals surface area contributed by atoms with Crippen LogP contribution in [-0.4, -0.2) is 50.1 Å². The largest absolute Gasteiger partial charge is 0.497 e. The number of carbonyl (C=O) groups excluding carboxylic acids is 2. The number of ether oxygens (including phenoxy) is 2. The van der Waals surface area contributed by atoms with Gasteiger partial charge in [0.25, 0.3) is 0 Å². The fraction of sp³-hybridized carbons (Fsp3) is 0.417. The van der Waals surface area contributed by atoms with Crippen LogP contribution in [0.1, 0.15) is 17.5 Å². The number of nitrogens with two attached hydrogens (primary N) is 2. The second kappa shape index (κ2) is 11.7. The summed E-state index contributed by atoms with van der Waals surface area (Å²) >= 11 is 0. The van der Waals surface area contributed by atoms with Gasteiger partial charge in [0.1, 0.15) is 11.5 Å². The summed E-state index contributed by atoms with van der Waals surface area (Å²) in [4.78, 5) is 26.5. The summed E-state index contributed by atoms with van der Waals surface area (Å²) < 4.78 is 10.4. The Morgan fingerprint density at radius 3 is 1.81 bits per heavy atom. The van der Waals surface area contributed by atoms with E-state index in [1.807, 2.05) is 48.5 Å². The normalized spacial score (nSPS) is 20.4. The highest BCUT2D eigenvalue weighted by atomic mass is 35.5. The SMILES string of the molecule is COc1ccc(CCC2C(C(N)=O)C(C(N)=O)CN2CCc2ccc(OC)cc2)cc1.Cl. The summed E-state index contributed by atoms with van der Waals surface area (Å²) in [7, 11) is 3.27. The van der Waals surface area contributed by atoms with E-state index >= 15 is 0 Å². The number of nitrogens with zero attached hydrogens (tertiary/aromatic N) is 1. The molecule has 1 saturated heterocycles. The molecule has 0 aliphatic carbocycles. The molecule has 1 aliphatic rings. The van der Waals surface area contributed by atoms with Crippen molar-refractivity contribution >= 4 is 24.2 Å². The number of aryl methyl sites for hydroxylation is 1. The van der Waals surface area contributed by atoms with Crippen molar-refractivity contribution in [1.29, 1.82) is 0 Å². The van der Waals surface area contributed by atoms with Crippen LogP contribution in [0.25, 0.3) is 0 Å². The third-order valence-corrected chi connectivity index (χ3v) is 6.18. The quantitative estimate of drug-likeness (QED) is 0.563. The molecule has 32 heavy (non-hydrogen) atoms. The molecule has 1 fully saturated rings. The minimum Gasteiger partial charge on any atom is -0.497 e. The Morgan fingerprint density at radius 2 is 1.38 bits per heavy atom. The van der Waals surface area contributed by atoms with Crippen LogP contribution in [0, 0.1) is 11.8 Å². The van der Waals surface area contributed by atoms with E-state index in [0.29, 0.717) is 19.5 Å². The topological polar surface area (TPSA) is 108 Å². The van der Waals surface area contributed by atoms with Crippen molar-refractivity contribution in [3.63, 3.8) is 0 Å². The number of carbonyl (C=O) groups is 2. The maximum atomic E-state index is 12.3. The molecule has 3 rings (SSSR count). The predicted octanol–water partition coefficient (Wildman–Crippen LogP) is 2.19. The molecule has 3 atom stereocenters. The zero-order valence-corrected chi connectivity index (χ0v) is 19.3. The molecule has 7 nitrogen and oxygen atoms in total. The standard InChI is InChI=1S/C24H31N3O4.ClH/c1-30-18-8-3-16(4-9-18)7-12-21-22(24(26)29)20(23(25)28)15-27(21)14-13-17-5-10-19(31-2)11-6-17;/h3-6,8-11,20-22H,7,12-15H2,1-2H3,(H2,25,28)(H2,26,29);1H. The number of likely N-dealkylation sites (tertiary alicyclic amines) is 1. The van der Waals surface area contributed by atoms with Crippen LogP contribution < -0.4 is 20.9 Å². The van der Waals surface area contributed by atoms with Gasteiger partial charge in [-0.25, -0.2) is 0 Å². The second-order valence-electron chi connectivity index (χ2n) is 7.98. The van der Waals surface area contributed by atoms with Gasteiger partial charge in [-0.15, -0.1) is 12.4 Å². The van der Waals surface area contributed by atoms with E-state index in [1.54, 1.807) is 14.2 Å². The summed E-state index contributed by atoms with van der Waals surface area (Å²) in [5.41, 5.74) is 13.6. The van der Waals surface area contributed by atoms with Crippen LogP contribution in [0.4, 0.5) is 0 Å². The molecule has 8 heteroatoms. The monoisotopic (exact) mass is 461 g/mol. The van der Waals surface area contributed by atoms with Gasteiger partial charge in [0.15, 0.2) is 0 Å². The summed E-state index contributed by atoms with van der Waals surface area (Å²) in [5, 5.41) is 0. The molecule has 1 aliphatic heterocycles. The molecule has 0 spiro atoms. The number of hydrogen-bond donors (Lipinski definition) is 2. The average molecular weight is 462 g/mol. The van der Waals surface area contributed by atoms with E-state index in [4.69, 9.17) is 20.9 Å². The van der Waals surface area contributed by atoms with Crippen LogP contribution in [0.15, 0.2) is 48.5 Å². The third-order valence-electron chi connectivity index (χ3n) is 6.18. The Bertz CT molecular complexity index is 889. The first-order valence-corrected chi connectivity index (χ1v) is 10.5. The molecule has 174 valence electrons. The molecule has 4 N–H and O–H groups in total. The van der Waals surface area contributed by atoms with Crippen LogP contribution in [0.2, 0.25) is 0 Å². The van der Waals surface area contributed by atoms with Crippen LogP contribution >= 0.6 is 12.4 Å². The minimum atomic E-state index is -0.577. The zero-order chi connectivity index (χ0) is 22.4. The van der Waals surface area contributed by atoms with Gasteiger partial charge in [-0.1, -0.05) is 24.3 Å². The fourth-order valence-corrected chi connectivity index (χ4v) is 4.44. The van der Waals surface area contributed by atoms with Crippen molar-refractivity contribution < 1.29 is 19.1 Å². The lowest BCUT2D eigenvalue weighted by atomic mass is 9.86. The maximum Gasteiger partial charge on any atom is 0.222 e. The van der Waals surface area contributed by atoms with Gasteiger partial charge < -0.3 is 20.9 Å². The molecule has 0 aromatic heterocycles. The van der Waals surface area contributed by atoms with Gasteiger partial charge >= 0.3 is 0 Å². The number of halogens is 1. The van der Waals surface area contributed by atoms with Crippen molar-refractivity contribution in [2.75, 3.05) is 27.3 Å². The van der Waals surface area contributed by atoms with Crippen LogP contribution in [0.3, 0.4) is 0 Å². The Kier molecular flexibility index (Phi) is 9.35. The number of primary amides is 2. The fourth-order valence-electron chi connectivity index (χ4n) is 4.44. The van der Waals surface area contributed by atoms with Crippen molar-refractivity contribution in [1.82, 2.24) is 4.90 Å². The molecule has 3 unspecified atom stereocenters. The highest BCUT2D eigenvalue weighted by Gasteiger charge is 2.46. The Labute approximate surface area is 195 Å². The molecule has 2 aromatic carbocycles. The summed E-state index contributed by atoms with van der Waals surface area (Å²) in [6.45, 7) is 1.17. The Balaban J connectivity index is 0.00000363. The number of rotatable bonds is 10. The van der Waals surface area contributed by atoms with Gasteiger partial charge in [0.2, 0.25) is 11.8 Å². The molecular formula is C24H32ClN3O4. The maximum absolute atomic E-state index is 12.3. The van der Waals surface area contributed by atoms with Gasteiger partial charge in [-0.05, 0) is 54.7 Å². The molecule has 0 bridgehead atoms. The summed E-state index contributed by atoms with van der Waals surface area (Å²) in [5.74, 6) is -0.457. The van der Waals surface area contributed by atoms with Crippen molar-refractivity contribution in [2.45, 2.75) is 25.3 Å². The molecule has 2 amide bonds. The van der Waals surface area contributed by atoms with E-state index < -0.39 is 23.7 Å². The van der Waals surface area contributed by atoms with Gasteiger partial charge in [0.05, 0.1) is 26.1 Å². The zero-order valence-electron chi connectivity index (χ0n) is 18.5. The van der Waals surface area contributed by atoms with E-state index in [9.17, 15) is 9.59 Å². The number of hydrogen-bond acceptors (Lipinski definition) is 5. The molecule has 2 aromatic rings. The first-order chi connectivity index (χ1) is 14.9. The van der Waals surface area contributed by atoms with Gasteiger partial charge in [0, 0.05) is 19.1 Å². The van der Waals surface area contributed by atoms with E-state index in [-0.39, 0.29) is 18.4 Å². The van der Waals surface area contributed by atoms with Crippen molar-refractivity contribution in [3.8, 4) is 11.5 Å². The second-order valence-corrected chi connectivity index (χ2v) is 7.98. The molecule has 0 radical (unpaired) electrons. The molecule has 0 saturated carbocycles. The lowest BCUT2D eigenvalue weighted by Gasteiger charge is -2.27. The predicted molar refractivity (Wildman–Crippen MR) is 126 cm³/mol. The lowest BCUT2D eigenvalue weighted by Crippen LogP contribution is -2.42. The van der Waals surface area contributed by atoms with E-state index in [2.05, 4.69) is 4.90 Å². The Morgan fingerprint density at radius 1 is 0.875 bits per heavy atom. The molecular weight excluding hydrogens is 430 g/mol. The number of benzene rings is 2. The molecule has 1 heterocycles. The van der Waals surface area contributed by atoms with Crippen molar-refractivity contribution in [3.05, 3.63) is 59.7 Å². The van der Waals surface area contributed by atoms with Gasteiger partial charge in [-0.3, -0.25) is 14.5 Å². The summed E-state index contributed by atoms with van der Waals surface area (Å²) in [6.07, 6.45) is 2.27. The highest BCUT2D eigenvalue weighted by Crippen LogP contribution is 2.33. The van der Waals surface area contributed by atoms with E-state index in [1.165, 1.54) is 0 Å². The van der Waals surface area contributed by atoms with Crippen LogP contribution in [-0.2, 0) is 22.4 Å². The summed E-state index contributed by atoms with van der Waals surface area (Å²) in [6, 6.07) is 15.7. The highest BCUT2D eigenvalue weighted by molar-refractivity contribution is 5.87. The minimum absolute atomic E-state index is 0. The first kappa shape index (κ1) is 25.5. The van der Waals surface area contributed by atoms with E-state index in [0.717, 1.165) is 35.5 Å². The smallest absolute Gasteiger partial charge is 0.222 e. The average Bonchev–Trinajstić information content (AvgIpc) is 3.16. The van der Waals surface area contributed by atoms with Gasteiger partial charge in [-0.2, -0.15) is 0 Å². The number of methoxy groups -OCH3 is 2. The number of amides is 2. The Hall–Kier alpha value is -2.77. The van der Waals surface area contributed by atoms with Crippen molar-refractivity contribution in [2.24, 2.45) is 23.3 Å². The first-order valence-electron chi connectivity index (χ1n) is 10.5. The third kappa shape index (κ3) is 6.14. The van der Waals surface area contributed by atoms with Crippen LogP contribution in [0.5, 0.6) is 11.5 Å². The lowest BCUT2D eigenvalue weighted by molar-refractivity contribution is -0.130.